The average molecular weight is 475 g/mol. The average Bonchev–Trinajstić information content (AvgIpc) is 3.15. The van der Waals surface area contributed by atoms with Crippen molar-refractivity contribution in [2.24, 2.45) is 5.41 Å². The second-order valence-corrected chi connectivity index (χ2v) is 9.70. The maximum atomic E-state index is 13.2. The minimum Gasteiger partial charge on any atom is -0.326 e. The van der Waals surface area contributed by atoms with Gasteiger partial charge in [0, 0.05) is 29.9 Å². The van der Waals surface area contributed by atoms with Crippen molar-refractivity contribution in [1.82, 2.24) is 9.55 Å². The molecule has 0 saturated carbocycles. The molecular formula is C25H35ClN4O3. The Labute approximate surface area is 201 Å². The van der Waals surface area contributed by atoms with Gasteiger partial charge in [0.15, 0.2) is 11.8 Å². The lowest BCUT2D eigenvalue weighted by Crippen LogP contribution is -2.38. The molecule has 0 aliphatic heterocycles. The number of aromatic nitrogens is 2. The Bertz CT molecular complexity index is 978. The molecule has 2 amide bonds. The van der Waals surface area contributed by atoms with Crippen molar-refractivity contribution in [2.75, 3.05) is 10.6 Å². The van der Waals surface area contributed by atoms with Crippen LogP contribution in [0.5, 0.6) is 0 Å². The van der Waals surface area contributed by atoms with E-state index in [1.165, 1.54) is 6.42 Å². The molecule has 1 aromatic heterocycles. The minimum atomic E-state index is -1.09. The molecule has 8 heteroatoms. The van der Waals surface area contributed by atoms with Crippen LogP contribution in [0.15, 0.2) is 30.6 Å². The highest BCUT2D eigenvalue weighted by Gasteiger charge is 2.36. The summed E-state index contributed by atoms with van der Waals surface area (Å²) in [6.07, 6.45) is 8.94. The van der Waals surface area contributed by atoms with Gasteiger partial charge in [0.25, 0.3) is 5.91 Å². The lowest BCUT2D eigenvalue weighted by atomic mass is 9.86. The van der Waals surface area contributed by atoms with E-state index in [0.717, 1.165) is 25.7 Å². The molecule has 0 spiro atoms. The van der Waals surface area contributed by atoms with Crippen LogP contribution in [0.3, 0.4) is 0 Å². The van der Waals surface area contributed by atoms with Crippen molar-refractivity contribution >= 4 is 40.6 Å². The topological polar surface area (TPSA) is 93.1 Å². The number of Topliss-reactive ketones (excluding diaryl/α,β-unsaturated/α-hetero) is 1. The third-order valence-corrected chi connectivity index (χ3v) is 5.72. The fourth-order valence-electron chi connectivity index (χ4n) is 3.45. The summed E-state index contributed by atoms with van der Waals surface area (Å²) in [5.74, 6) is -0.290. The first-order valence-corrected chi connectivity index (χ1v) is 11.9. The van der Waals surface area contributed by atoms with Crippen molar-refractivity contribution in [1.29, 1.82) is 0 Å². The first-order valence-electron chi connectivity index (χ1n) is 11.5. The van der Waals surface area contributed by atoms with Crippen molar-refractivity contribution < 1.29 is 14.4 Å². The molecule has 2 aromatic rings. The number of benzene rings is 1. The molecule has 2 rings (SSSR count). The van der Waals surface area contributed by atoms with E-state index in [-0.39, 0.29) is 11.7 Å². The number of hydrogen-bond acceptors (Lipinski definition) is 4. The number of amides is 2. The first-order chi connectivity index (χ1) is 15.5. The second-order valence-electron chi connectivity index (χ2n) is 9.29. The Kier molecular flexibility index (Phi) is 9.65. The quantitative estimate of drug-likeness (QED) is 0.311. The fourth-order valence-corrected chi connectivity index (χ4v) is 3.62. The van der Waals surface area contributed by atoms with Crippen LogP contribution in [0, 0.1) is 12.3 Å². The minimum absolute atomic E-state index is 0.0825. The van der Waals surface area contributed by atoms with Gasteiger partial charge in [0.2, 0.25) is 5.91 Å². The van der Waals surface area contributed by atoms with Gasteiger partial charge < -0.3 is 15.2 Å². The highest BCUT2D eigenvalue weighted by Crippen LogP contribution is 2.29. The number of carbonyl (C=O) groups is 3. The van der Waals surface area contributed by atoms with Gasteiger partial charge in [0.1, 0.15) is 5.82 Å². The predicted molar refractivity (Wildman–Crippen MR) is 133 cm³/mol. The molecule has 0 bridgehead atoms. The van der Waals surface area contributed by atoms with Gasteiger partial charge in [-0.15, -0.1) is 0 Å². The van der Waals surface area contributed by atoms with Crippen molar-refractivity contribution in [2.45, 2.75) is 79.2 Å². The maximum absolute atomic E-state index is 13.2. The molecule has 1 heterocycles. The predicted octanol–water partition coefficient (Wildman–Crippen LogP) is 5.94. The number of anilines is 2. The molecule has 180 valence electrons. The molecule has 0 aliphatic rings. The van der Waals surface area contributed by atoms with Crippen LogP contribution in [0.4, 0.5) is 11.4 Å². The Balaban J connectivity index is 2.14. The zero-order valence-electron chi connectivity index (χ0n) is 20.2. The standard InChI is InChI=1S/C25H35ClN4O3/c1-6-7-8-9-10-11-21(31)28-18-12-13-19(26)20(16-18)29-24(33)22(23(32)25(3,4)5)30-15-14-27-17(30)2/h12-16,22H,6-11H2,1-5H3,(H,28,31)(H,29,33). The van der Waals surface area contributed by atoms with E-state index >= 15 is 0 Å². The zero-order chi connectivity index (χ0) is 24.6. The molecule has 0 fully saturated rings. The summed E-state index contributed by atoms with van der Waals surface area (Å²) in [4.78, 5) is 42.8. The van der Waals surface area contributed by atoms with Crippen LogP contribution in [-0.4, -0.2) is 27.1 Å². The molecule has 1 unspecified atom stereocenters. The number of unbranched alkanes of at least 4 members (excludes halogenated alkanes) is 4. The van der Waals surface area contributed by atoms with E-state index in [4.69, 9.17) is 11.6 Å². The van der Waals surface area contributed by atoms with Gasteiger partial charge in [-0.1, -0.05) is 65.0 Å². The summed E-state index contributed by atoms with van der Waals surface area (Å²) < 4.78 is 1.56. The second kappa shape index (κ2) is 12.0. The number of imidazole rings is 1. The summed E-state index contributed by atoms with van der Waals surface area (Å²) >= 11 is 6.31. The van der Waals surface area contributed by atoms with Crippen LogP contribution in [0.2, 0.25) is 5.02 Å². The number of nitrogens with one attached hydrogen (secondary N) is 2. The summed E-state index contributed by atoms with van der Waals surface area (Å²) in [5, 5.41) is 5.93. The Morgan fingerprint density at radius 2 is 1.79 bits per heavy atom. The Morgan fingerprint density at radius 1 is 1.09 bits per heavy atom. The van der Waals surface area contributed by atoms with Crippen molar-refractivity contribution in [3.63, 3.8) is 0 Å². The molecule has 2 N–H and O–H groups in total. The SMILES string of the molecule is CCCCCCCC(=O)Nc1ccc(Cl)c(NC(=O)C(C(=O)C(C)(C)C)n2ccnc2C)c1. The summed E-state index contributed by atoms with van der Waals surface area (Å²) in [7, 11) is 0. The largest absolute Gasteiger partial charge is 0.326 e. The molecule has 0 radical (unpaired) electrons. The fraction of sp³-hybridized carbons (Fsp3) is 0.520. The molecule has 1 atom stereocenters. The molecule has 33 heavy (non-hydrogen) atoms. The number of aryl methyl sites for hydroxylation is 1. The van der Waals surface area contributed by atoms with Crippen LogP contribution in [-0.2, 0) is 14.4 Å². The monoisotopic (exact) mass is 474 g/mol. The lowest BCUT2D eigenvalue weighted by Gasteiger charge is -2.26. The van der Waals surface area contributed by atoms with E-state index in [1.54, 1.807) is 62.9 Å². The van der Waals surface area contributed by atoms with Gasteiger partial charge in [-0.25, -0.2) is 4.98 Å². The summed E-state index contributed by atoms with van der Waals surface area (Å²) in [6, 6.07) is 3.81. The van der Waals surface area contributed by atoms with Crippen molar-refractivity contribution in [3.8, 4) is 0 Å². The number of nitrogens with zero attached hydrogens (tertiary/aromatic N) is 2. The summed E-state index contributed by atoms with van der Waals surface area (Å²) in [6.45, 7) is 9.21. The smallest absolute Gasteiger partial charge is 0.255 e. The number of ketones is 1. The van der Waals surface area contributed by atoms with Gasteiger partial charge in [-0.3, -0.25) is 14.4 Å². The van der Waals surface area contributed by atoms with Crippen LogP contribution in [0.25, 0.3) is 0 Å². The van der Waals surface area contributed by atoms with E-state index in [0.29, 0.717) is 28.6 Å². The number of halogens is 1. The van der Waals surface area contributed by atoms with E-state index < -0.39 is 17.4 Å². The van der Waals surface area contributed by atoms with Crippen LogP contribution >= 0.6 is 11.6 Å². The van der Waals surface area contributed by atoms with Gasteiger partial charge in [-0.05, 0) is 31.5 Å². The maximum Gasteiger partial charge on any atom is 0.255 e. The third-order valence-electron chi connectivity index (χ3n) is 5.39. The van der Waals surface area contributed by atoms with Gasteiger partial charge >= 0.3 is 0 Å². The van der Waals surface area contributed by atoms with Gasteiger partial charge in [-0.2, -0.15) is 0 Å². The third kappa shape index (κ3) is 7.70. The van der Waals surface area contributed by atoms with Crippen LogP contribution < -0.4 is 10.6 Å². The Hall–Kier alpha value is -2.67. The molecular weight excluding hydrogens is 440 g/mol. The summed E-state index contributed by atoms with van der Waals surface area (Å²) in [5.41, 5.74) is 0.118. The molecule has 0 aliphatic carbocycles. The highest BCUT2D eigenvalue weighted by molar-refractivity contribution is 6.34. The highest BCUT2D eigenvalue weighted by atomic mass is 35.5. The lowest BCUT2D eigenvalue weighted by molar-refractivity contribution is -0.135. The first kappa shape index (κ1) is 26.6. The molecule has 1 aromatic carbocycles. The number of rotatable bonds is 11. The number of hydrogen-bond donors (Lipinski definition) is 2. The van der Waals surface area contributed by atoms with Crippen molar-refractivity contribution in [3.05, 3.63) is 41.4 Å². The van der Waals surface area contributed by atoms with E-state index in [1.807, 2.05) is 0 Å². The van der Waals surface area contributed by atoms with Gasteiger partial charge in [0.05, 0.1) is 10.7 Å². The normalized spacial score (nSPS) is 12.3. The number of carbonyl (C=O) groups excluding carboxylic acids is 3. The van der Waals surface area contributed by atoms with E-state index in [2.05, 4.69) is 22.5 Å². The van der Waals surface area contributed by atoms with Crippen LogP contribution in [0.1, 0.15) is 78.1 Å². The molecule has 0 saturated heterocycles. The Morgan fingerprint density at radius 3 is 2.39 bits per heavy atom. The zero-order valence-corrected chi connectivity index (χ0v) is 21.0. The van der Waals surface area contributed by atoms with E-state index in [9.17, 15) is 14.4 Å². The molecule has 7 nitrogen and oxygen atoms in total.